The zero-order valence-corrected chi connectivity index (χ0v) is 13.1. The van der Waals surface area contributed by atoms with E-state index in [0.717, 1.165) is 30.3 Å². The number of furan rings is 1. The number of piperidine rings is 3. The molecule has 4 aliphatic rings. The number of rotatable bonds is 3. The van der Waals surface area contributed by atoms with Crippen LogP contribution in [-0.4, -0.2) is 35.1 Å². The van der Waals surface area contributed by atoms with E-state index in [1.807, 2.05) is 18.3 Å². The Balaban J connectivity index is 1.34. The van der Waals surface area contributed by atoms with Gasteiger partial charge in [-0.3, -0.25) is 4.90 Å². The molecule has 0 aromatic carbocycles. The first-order valence-corrected chi connectivity index (χ1v) is 8.47. The molecular weight excluding hydrogens is 290 g/mol. The van der Waals surface area contributed by atoms with E-state index in [-0.39, 0.29) is 5.60 Å². The van der Waals surface area contributed by atoms with Crippen LogP contribution in [-0.2, 0) is 13.0 Å². The average molecular weight is 311 g/mol. The highest BCUT2D eigenvalue weighted by atomic mass is 16.5. The number of aromatic nitrogens is 1. The van der Waals surface area contributed by atoms with E-state index in [1.54, 1.807) is 6.26 Å². The summed E-state index contributed by atoms with van der Waals surface area (Å²) in [6.07, 6.45) is 7.08. The normalized spacial score (nSPS) is 31.1. The van der Waals surface area contributed by atoms with Crippen molar-refractivity contribution in [2.75, 3.05) is 25.0 Å². The van der Waals surface area contributed by atoms with Crippen molar-refractivity contribution in [2.24, 2.45) is 5.92 Å². The summed E-state index contributed by atoms with van der Waals surface area (Å²) in [6, 6.07) is 6.07. The summed E-state index contributed by atoms with van der Waals surface area (Å²) in [6.45, 7) is 4.20. The molecule has 0 radical (unpaired) electrons. The Labute approximate surface area is 135 Å². The molecule has 5 nitrogen and oxygen atoms in total. The van der Waals surface area contributed by atoms with Crippen LogP contribution < -0.4 is 10.1 Å². The van der Waals surface area contributed by atoms with Crippen molar-refractivity contribution >= 4 is 5.69 Å². The zero-order chi connectivity index (χ0) is 15.3. The summed E-state index contributed by atoms with van der Waals surface area (Å²) in [5.41, 5.74) is 2.25. The number of ether oxygens (including phenoxy) is 1. The molecule has 6 rings (SSSR count). The maximum atomic E-state index is 6.38. The Kier molecular flexibility index (Phi) is 2.92. The van der Waals surface area contributed by atoms with Crippen molar-refractivity contribution in [3.63, 3.8) is 0 Å². The second-order valence-corrected chi connectivity index (χ2v) is 7.02. The lowest BCUT2D eigenvalue weighted by atomic mass is 9.73. The summed E-state index contributed by atoms with van der Waals surface area (Å²) in [4.78, 5) is 7.10. The van der Waals surface area contributed by atoms with Gasteiger partial charge >= 0.3 is 0 Å². The van der Waals surface area contributed by atoms with Gasteiger partial charge in [-0.05, 0) is 44.1 Å². The van der Waals surface area contributed by atoms with Crippen LogP contribution in [0.5, 0.6) is 5.88 Å². The van der Waals surface area contributed by atoms with Crippen LogP contribution in [0.3, 0.4) is 0 Å². The lowest BCUT2D eigenvalue weighted by Crippen LogP contribution is -2.61. The first-order valence-electron chi connectivity index (χ1n) is 8.47. The fourth-order valence-corrected chi connectivity index (χ4v) is 4.41. The van der Waals surface area contributed by atoms with Crippen LogP contribution in [0.1, 0.15) is 24.2 Å². The molecule has 2 bridgehead atoms. The van der Waals surface area contributed by atoms with Crippen LogP contribution in [0.25, 0.3) is 0 Å². The topological polar surface area (TPSA) is 50.5 Å². The number of anilines is 1. The summed E-state index contributed by atoms with van der Waals surface area (Å²) >= 11 is 0. The van der Waals surface area contributed by atoms with Gasteiger partial charge in [-0.15, -0.1) is 0 Å². The second-order valence-electron chi connectivity index (χ2n) is 7.02. The van der Waals surface area contributed by atoms with Crippen LogP contribution >= 0.6 is 0 Å². The van der Waals surface area contributed by atoms with Crippen molar-refractivity contribution in [3.05, 3.63) is 42.0 Å². The van der Waals surface area contributed by atoms with Gasteiger partial charge in [0.15, 0.2) is 0 Å². The first-order chi connectivity index (χ1) is 11.3. The number of pyridine rings is 1. The second kappa shape index (κ2) is 4.99. The minimum absolute atomic E-state index is 0.0224. The average Bonchev–Trinajstić information content (AvgIpc) is 3.20. The van der Waals surface area contributed by atoms with Gasteiger partial charge in [0.1, 0.15) is 11.4 Å². The number of hydrogen-bond donors (Lipinski definition) is 1. The fourth-order valence-electron chi connectivity index (χ4n) is 4.41. The molecule has 1 spiro atoms. The van der Waals surface area contributed by atoms with Crippen molar-refractivity contribution in [1.82, 2.24) is 9.88 Å². The molecule has 23 heavy (non-hydrogen) atoms. The van der Waals surface area contributed by atoms with Gasteiger partial charge in [0.25, 0.3) is 0 Å². The highest BCUT2D eigenvalue weighted by Gasteiger charge is 2.52. The van der Waals surface area contributed by atoms with Gasteiger partial charge in [0, 0.05) is 24.4 Å². The Hall–Kier alpha value is -2.01. The monoisotopic (exact) mass is 311 g/mol. The van der Waals surface area contributed by atoms with E-state index in [2.05, 4.69) is 21.3 Å². The predicted octanol–water partition coefficient (Wildman–Crippen LogP) is 2.69. The smallest absolute Gasteiger partial charge is 0.217 e. The maximum Gasteiger partial charge on any atom is 0.217 e. The fraction of sp³-hybridized carbons (Fsp3) is 0.500. The van der Waals surface area contributed by atoms with Gasteiger partial charge in [0.2, 0.25) is 5.88 Å². The van der Waals surface area contributed by atoms with Crippen molar-refractivity contribution in [3.8, 4) is 5.88 Å². The van der Waals surface area contributed by atoms with Gasteiger partial charge < -0.3 is 14.5 Å². The van der Waals surface area contributed by atoms with Gasteiger partial charge in [0.05, 0.1) is 24.7 Å². The van der Waals surface area contributed by atoms with Crippen LogP contribution in [0, 0.1) is 5.92 Å². The predicted molar refractivity (Wildman–Crippen MR) is 86.5 cm³/mol. The Morgan fingerprint density at radius 1 is 1.35 bits per heavy atom. The molecule has 6 heterocycles. The molecule has 120 valence electrons. The van der Waals surface area contributed by atoms with Crippen LogP contribution in [0.4, 0.5) is 5.69 Å². The van der Waals surface area contributed by atoms with E-state index in [1.165, 1.54) is 31.5 Å². The summed E-state index contributed by atoms with van der Waals surface area (Å²) < 4.78 is 11.7. The summed E-state index contributed by atoms with van der Waals surface area (Å²) in [5, 5.41) is 3.38. The third-order valence-corrected chi connectivity index (χ3v) is 5.58. The Morgan fingerprint density at radius 3 is 3.00 bits per heavy atom. The molecule has 1 unspecified atom stereocenters. The van der Waals surface area contributed by atoms with Gasteiger partial charge in [-0.25, -0.2) is 4.98 Å². The third-order valence-electron chi connectivity index (χ3n) is 5.58. The number of fused-ring (bicyclic) bond motifs is 3. The highest BCUT2D eigenvalue weighted by molar-refractivity contribution is 5.49. The molecule has 3 saturated heterocycles. The van der Waals surface area contributed by atoms with Gasteiger partial charge in [-0.1, -0.05) is 0 Å². The summed E-state index contributed by atoms with van der Waals surface area (Å²) in [7, 11) is 0. The van der Waals surface area contributed by atoms with Crippen molar-refractivity contribution < 1.29 is 9.15 Å². The molecule has 0 amide bonds. The molecule has 2 aromatic rings. The van der Waals surface area contributed by atoms with Gasteiger partial charge in [-0.2, -0.15) is 0 Å². The van der Waals surface area contributed by atoms with E-state index in [4.69, 9.17) is 9.15 Å². The SMILES string of the molecule is c1coc(CNc2cnc3c(c2)CC2(CN4CCC2CC4)O3)c1. The standard InChI is InChI=1S/C18H21N3O2/c1-2-16(22-7-1)11-19-15-8-13-9-18(23-17(13)20-10-15)12-21-5-3-14(18)4-6-21/h1-2,7-8,10,14,19H,3-6,9,11-12H2. The van der Waals surface area contributed by atoms with Crippen molar-refractivity contribution in [1.29, 1.82) is 0 Å². The lowest BCUT2D eigenvalue weighted by molar-refractivity contribution is -0.0814. The van der Waals surface area contributed by atoms with E-state index < -0.39 is 0 Å². The number of nitrogens with one attached hydrogen (secondary N) is 1. The quantitative estimate of drug-likeness (QED) is 0.944. The zero-order valence-electron chi connectivity index (χ0n) is 13.1. The molecule has 3 fully saturated rings. The molecule has 5 heteroatoms. The van der Waals surface area contributed by atoms with Crippen LogP contribution in [0.15, 0.2) is 35.1 Å². The molecule has 2 aromatic heterocycles. The molecule has 4 aliphatic heterocycles. The first kappa shape index (κ1) is 13.4. The van der Waals surface area contributed by atoms with E-state index >= 15 is 0 Å². The molecular formula is C18H21N3O2. The van der Waals surface area contributed by atoms with E-state index in [9.17, 15) is 0 Å². The summed E-state index contributed by atoms with van der Waals surface area (Å²) in [5.74, 6) is 2.44. The largest absolute Gasteiger partial charge is 0.469 e. The third kappa shape index (κ3) is 2.22. The minimum Gasteiger partial charge on any atom is -0.469 e. The molecule has 0 aliphatic carbocycles. The highest BCUT2D eigenvalue weighted by Crippen LogP contribution is 2.46. The Morgan fingerprint density at radius 2 is 2.26 bits per heavy atom. The molecule has 1 N–H and O–H groups in total. The van der Waals surface area contributed by atoms with Crippen molar-refractivity contribution in [2.45, 2.75) is 31.4 Å². The molecule has 0 saturated carbocycles. The Bertz CT molecular complexity index is 707. The number of hydrogen-bond acceptors (Lipinski definition) is 5. The maximum absolute atomic E-state index is 6.38. The van der Waals surface area contributed by atoms with E-state index in [0.29, 0.717) is 12.5 Å². The van der Waals surface area contributed by atoms with Crippen LogP contribution in [0.2, 0.25) is 0 Å². The number of nitrogens with zero attached hydrogens (tertiary/aromatic N) is 2. The lowest BCUT2D eigenvalue weighted by Gasteiger charge is -2.50. The minimum atomic E-state index is -0.0224. The molecule has 1 atom stereocenters.